The highest BCUT2D eigenvalue weighted by Crippen LogP contribution is 2.27. The monoisotopic (exact) mass is 525 g/mol. The number of aliphatic hydroxyl groups excluding tert-OH is 1. The normalized spacial score (nSPS) is 11.4. The van der Waals surface area contributed by atoms with Crippen LogP contribution in [-0.4, -0.2) is 50.8 Å². The smallest absolute Gasteiger partial charge is 0.180 e. The molecule has 2 aromatic heterocycles. The number of hydrogen-bond donors (Lipinski definition) is 2. The van der Waals surface area contributed by atoms with Crippen molar-refractivity contribution in [1.82, 2.24) is 24.9 Å². The molecule has 0 saturated carbocycles. The van der Waals surface area contributed by atoms with E-state index in [1.807, 2.05) is 25.1 Å². The molecule has 9 heteroatoms. The minimum absolute atomic E-state index is 0.167. The van der Waals surface area contributed by atoms with Crippen LogP contribution >= 0.6 is 0 Å². The first kappa shape index (κ1) is 27.7. The summed E-state index contributed by atoms with van der Waals surface area (Å²) in [7, 11) is 1.72. The topological polar surface area (TPSA) is 110 Å². The van der Waals surface area contributed by atoms with Crippen molar-refractivity contribution in [3.05, 3.63) is 83.6 Å². The molecule has 9 nitrogen and oxygen atoms in total. The molecule has 0 atom stereocenters. The molecule has 2 heterocycles. The third-order valence-corrected chi connectivity index (χ3v) is 6.40. The number of hydrogen-bond acceptors (Lipinski definition) is 7. The second-order valence-corrected chi connectivity index (χ2v) is 8.93. The van der Waals surface area contributed by atoms with E-state index in [0.29, 0.717) is 41.9 Å². The average Bonchev–Trinajstić information content (AvgIpc) is 3.32. The number of hydrazone groups is 1. The molecular weight excluding hydrogens is 490 g/mol. The Morgan fingerprint density at radius 2 is 1.82 bits per heavy atom. The predicted octanol–water partition coefficient (Wildman–Crippen LogP) is 4.87. The van der Waals surface area contributed by atoms with Crippen LogP contribution in [0.25, 0.3) is 22.6 Å². The number of aliphatic hydroxyl groups is 1. The Bertz CT molecular complexity index is 1410. The highest BCUT2D eigenvalue weighted by atomic mass is 16.5. The molecule has 0 aliphatic heterocycles. The summed E-state index contributed by atoms with van der Waals surface area (Å²) in [5, 5.41) is 14.2. The van der Waals surface area contributed by atoms with Gasteiger partial charge in [0.1, 0.15) is 17.4 Å². The Labute approximate surface area is 229 Å². The number of aryl methyl sites for hydroxylation is 1. The van der Waals surface area contributed by atoms with E-state index in [4.69, 9.17) is 9.72 Å². The molecule has 4 aromatic rings. The van der Waals surface area contributed by atoms with Crippen molar-refractivity contribution in [2.75, 3.05) is 13.7 Å². The van der Waals surface area contributed by atoms with E-state index < -0.39 is 0 Å². The Morgan fingerprint density at radius 1 is 1.08 bits per heavy atom. The number of amidine groups is 1. The lowest BCUT2D eigenvalue weighted by Crippen LogP contribution is -2.19. The second kappa shape index (κ2) is 13.4. The molecule has 0 unspecified atom stereocenters. The van der Waals surface area contributed by atoms with Gasteiger partial charge >= 0.3 is 0 Å². The van der Waals surface area contributed by atoms with E-state index in [1.54, 1.807) is 19.4 Å². The molecule has 0 bridgehead atoms. The van der Waals surface area contributed by atoms with Gasteiger partial charge in [0.25, 0.3) is 0 Å². The molecule has 0 aliphatic carbocycles. The second-order valence-electron chi connectivity index (χ2n) is 8.93. The van der Waals surface area contributed by atoms with Crippen molar-refractivity contribution < 1.29 is 9.84 Å². The molecular formula is C30H35N7O2. The van der Waals surface area contributed by atoms with Gasteiger partial charge in [-0.1, -0.05) is 61.9 Å². The van der Waals surface area contributed by atoms with Crippen LogP contribution in [0.2, 0.25) is 0 Å². The number of ether oxygens (including phenoxy) is 1. The number of aliphatic imine (C=N–C) groups is 1. The fourth-order valence-electron chi connectivity index (χ4n) is 4.49. The lowest BCUT2D eigenvalue weighted by atomic mass is 9.98. The van der Waals surface area contributed by atoms with Gasteiger partial charge in [0.2, 0.25) is 0 Å². The molecule has 2 N–H and O–H groups in total. The first-order valence-electron chi connectivity index (χ1n) is 13.1. The maximum atomic E-state index is 10.4. The summed E-state index contributed by atoms with van der Waals surface area (Å²) in [6.07, 6.45) is 6.13. The molecule has 0 radical (unpaired) electrons. The van der Waals surface area contributed by atoms with Crippen molar-refractivity contribution in [3.63, 3.8) is 0 Å². The van der Waals surface area contributed by atoms with E-state index in [-0.39, 0.29) is 6.61 Å². The summed E-state index contributed by atoms with van der Waals surface area (Å²) >= 11 is 0. The van der Waals surface area contributed by atoms with Crippen molar-refractivity contribution in [1.29, 1.82) is 0 Å². The number of nitrogens with zero attached hydrogens (tertiary/aromatic N) is 6. The Hall–Kier alpha value is -4.37. The van der Waals surface area contributed by atoms with Crippen molar-refractivity contribution >= 4 is 12.6 Å². The summed E-state index contributed by atoms with van der Waals surface area (Å²) in [6, 6.07) is 16.4. The molecule has 0 aliphatic rings. The number of benzene rings is 2. The first-order chi connectivity index (χ1) is 19.1. The van der Waals surface area contributed by atoms with Gasteiger partial charge in [0.05, 0.1) is 31.3 Å². The van der Waals surface area contributed by atoms with E-state index in [0.717, 1.165) is 47.3 Å². The van der Waals surface area contributed by atoms with Crippen LogP contribution in [0, 0.1) is 0 Å². The number of nitrogens with one attached hydrogen (secondary N) is 1. The molecule has 0 fully saturated rings. The van der Waals surface area contributed by atoms with Gasteiger partial charge in [-0.15, -0.1) is 0 Å². The zero-order chi connectivity index (χ0) is 27.6. The standard InChI is InChI=1S/C30H35N7O2/c1-5-7-12-27-35-28(30-33-17-23(18-34-30)39-6-2)26(20-38)37(27)19-21-13-15-22(16-14-21)24-10-8-9-11-25(24)29(31-3)36-32-4/h8-11,13-18,38H,4-7,12,19-20H2,1-3H3,(H,31,36). The molecule has 39 heavy (non-hydrogen) atoms. The van der Waals surface area contributed by atoms with Crippen LogP contribution in [0.4, 0.5) is 0 Å². The van der Waals surface area contributed by atoms with E-state index in [9.17, 15) is 5.11 Å². The lowest BCUT2D eigenvalue weighted by Gasteiger charge is -2.14. The summed E-state index contributed by atoms with van der Waals surface area (Å²) < 4.78 is 7.57. The van der Waals surface area contributed by atoms with Crippen LogP contribution < -0.4 is 10.2 Å². The summed E-state index contributed by atoms with van der Waals surface area (Å²) in [5.74, 6) is 2.64. The van der Waals surface area contributed by atoms with Crippen molar-refractivity contribution in [2.24, 2.45) is 10.1 Å². The van der Waals surface area contributed by atoms with Gasteiger partial charge in [-0.05, 0) is 30.0 Å². The van der Waals surface area contributed by atoms with Crippen LogP contribution in [0.3, 0.4) is 0 Å². The molecule has 0 spiro atoms. The average molecular weight is 526 g/mol. The third kappa shape index (κ3) is 6.38. The third-order valence-electron chi connectivity index (χ3n) is 6.40. The Kier molecular flexibility index (Phi) is 9.53. The Morgan fingerprint density at radius 3 is 2.46 bits per heavy atom. The summed E-state index contributed by atoms with van der Waals surface area (Å²) in [5.41, 5.74) is 8.32. The van der Waals surface area contributed by atoms with Gasteiger partial charge in [-0.25, -0.2) is 15.0 Å². The maximum Gasteiger partial charge on any atom is 0.180 e. The van der Waals surface area contributed by atoms with Gasteiger partial charge in [-0.2, -0.15) is 5.10 Å². The highest BCUT2D eigenvalue weighted by Gasteiger charge is 2.20. The van der Waals surface area contributed by atoms with Gasteiger partial charge < -0.3 is 14.4 Å². The first-order valence-corrected chi connectivity index (χ1v) is 13.1. The summed E-state index contributed by atoms with van der Waals surface area (Å²) in [4.78, 5) is 18.1. The molecule has 202 valence electrons. The maximum absolute atomic E-state index is 10.4. The molecule has 4 rings (SSSR count). The quantitative estimate of drug-likeness (QED) is 0.155. The van der Waals surface area contributed by atoms with Crippen LogP contribution in [0.1, 0.15) is 49.3 Å². The van der Waals surface area contributed by atoms with Crippen molar-refractivity contribution in [2.45, 2.75) is 46.3 Å². The molecule has 0 saturated heterocycles. The van der Waals surface area contributed by atoms with Crippen LogP contribution in [0.15, 0.2) is 71.0 Å². The van der Waals surface area contributed by atoms with Gasteiger partial charge in [0, 0.05) is 32.3 Å². The highest BCUT2D eigenvalue weighted by molar-refractivity contribution is 6.04. The zero-order valence-electron chi connectivity index (χ0n) is 22.8. The number of rotatable bonds is 12. The molecule has 2 aromatic carbocycles. The SMILES string of the molecule is C=NNC(=NC)c1ccccc1-c1ccc(Cn2c(CCCC)nc(-c3ncc(OCC)cn3)c2CO)cc1. The minimum Gasteiger partial charge on any atom is -0.491 e. The number of imidazole rings is 1. The summed E-state index contributed by atoms with van der Waals surface area (Å²) in [6.45, 7) is 8.54. The van der Waals surface area contributed by atoms with Crippen molar-refractivity contribution in [3.8, 4) is 28.4 Å². The zero-order valence-corrected chi connectivity index (χ0v) is 22.8. The predicted molar refractivity (Wildman–Crippen MR) is 155 cm³/mol. The van der Waals surface area contributed by atoms with Gasteiger partial charge in [-0.3, -0.25) is 10.4 Å². The van der Waals surface area contributed by atoms with Crippen LogP contribution in [0.5, 0.6) is 5.75 Å². The fourth-order valence-corrected chi connectivity index (χ4v) is 4.49. The van der Waals surface area contributed by atoms with Gasteiger partial charge in [0.15, 0.2) is 11.6 Å². The minimum atomic E-state index is -0.167. The Balaban J connectivity index is 1.67. The number of unbranched alkanes of at least 4 members (excludes halogenated alkanes) is 1. The number of aromatic nitrogens is 4. The van der Waals surface area contributed by atoms with E-state index in [2.05, 4.69) is 74.0 Å². The van der Waals surface area contributed by atoms with Crippen LogP contribution in [-0.2, 0) is 19.6 Å². The fraction of sp³-hybridized carbons (Fsp3) is 0.300. The molecule has 0 amide bonds. The van der Waals surface area contributed by atoms with E-state index >= 15 is 0 Å². The largest absolute Gasteiger partial charge is 0.491 e. The van der Waals surface area contributed by atoms with E-state index in [1.165, 1.54) is 0 Å². The lowest BCUT2D eigenvalue weighted by molar-refractivity contribution is 0.271.